The fraction of sp³-hybridized carbons (Fsp3) is 0.571. The fourth-order valence-electron chi connectivity index (χ4n) is 4.68. The smallest absolute Gasteiger partial charge is 0.344 e. The van der Waals surface area contributed by atoms with Crippen LogP contribution in [0.5, 0.6) is 0 Å². The minimum Gasteiger partial charge on any atom is -0.410 e. The van der Waals surface area contributed by atoms with E-state index in [2.05, 4.69) is 33.9 Å². The Morgan fingerprint density at radius 3 is 2.97 bits per heavy atom. The minimum absolute atomic E-state index is 0.0514. The van der Waals surface area contributed by atoms with Gasteiger partial charge in [-0.05, 0) is 49.7 Å². The van der Waals surface area contributed by atoms with E-state index in [9.17, 15) is 14.4 Å². The minimum atomic E-state index is -0.866. The van der Waals surface area contributed by atoms with Crippen LogP contribution in [0.25, 0.3) is 10.8 Å². The zero-order valence-corrected chi connectivity index (χ0v) is 19.4. The Bertz CT molecular complexity index is 1060. The summed E-state index contributed by atoms with van der Waals surface area (Å²) in [6.07, 6.45) is 7.39. The molecule has 1 saturated heterocycles. The average Bonchev–Trinajstić information content (AvgIpc) is 3.47. The van der Waals surface area contributed by atoms with Crippen molar-refractivity contribution < 1.29 is 18.8 Å². The van der Waals surface area contributed by atoms with Crippen LogP contribution in [0.2, 0.25) is 0 Å². The van der Waals surface area contributed by atoms with Gasteiger partial charge in [0, 0.05) is 4.88 Å². The molecule has 4 amide bonds. The highest BCUT2D eigenvalue weighted by atomic mass is 32.2. The van der Waals surface area contributed by atoms with Gasteiger partial charge < -0.3 is 9.73 Å². The van der Waals surface area contributed by atoms with Gasteiger partial charge in [-0.15, -0.1) is 21.5 Å². The van der Waals surface area contributed by atoms with Crippen molar-refractivity contribution in [1.82, 2.24) is 25.9 Å². The lowest BCUT2D eigenvalue weighted by molar-refractivity contribution is -0.139. The molecule has 1 spiro atoms. The van der Waals surface area contributed by atoms with E-state index in [-0.39, 0.29) is 16.9 Å². The van der Waals surface area contributed by atoms with Crippen molar-refractivity contribution in [3.63, 3.8) is 0 Å². The lowest BCUT2D eigenvalue weighted by atomic mass is 9.82. The first-order chi connectivity index (χ1) is 15.4. The van der Waals surface area contributed by atoms with E-state index in [1.165, 1.54) is 16.9 Å². The number of hydrogen-bond acceptors (Lipinski definition) is 8. The molecule has 0 bridgehead atoms. The van der Waals surface area contributed by atoms with Gasteiger partial charge in [-0.25, -0.2) is 4.79 Å². The number of aromatic nitrogens is 2. The van der Waals surface area contributed by atoms with Crippen molar-refractivity contribution >= 4 is 40.9 Å². The van der Waals surface area contributed by atoms with E-state index in [1.54, 1.807) is 11.3 Å². The van der Waals surface area contributed by atoms with E-state index < -0.39 is 17.5 Å². The molecule has 2 N–H and O–H groups in total. The number of aryl methyl sites for hydroxylation is 1. The van der Waals surface area contributed by atoms with Gasteiger partial charge in [-0.3, -0.25) is 15.0 Å². The molecule has 0 radical (unpaired) electrons. The number of imide groups is 1. The third-order valence-corrected chi connectivity index (χ3v) is 8.42. The molecule has 9 nitrogen and oxygen atoms in total. The monoisotopic (exact) mass is 475 g/mol. The maximum absolute atomic E-state index is 12.7. The lowest BCUT2D eigenvalue weighted by Crippen LogP contribution is -2.51. The van der Waals surface area contributed by atoms with E-state index in [0.717, 1.165) is 53.8 Å². The highest BCUT2D eigenvalue weighted by Crippen LogP contribution is 2.37. The molecule has 1 saturated carbocycles. The first kappa shape index (κ1) is 21.4. The number of nitrogens with one attached hydrogen (secondary N) is 2. The van der Waals surface area contributed by atoms with Crippen LogP contribution >= 0.6 is 23.1 Å². The largest absolute Gasteiger partial charge is 0.410 e. The summed E-state index contributed by atoms with van der Waals surface area (Å²) in [5, 5.41) is 12.0. The summed E-state index contributed by atoms with van der Waals surface area (Å²) in [5.74, 6) is 0.232. The highest BCUT2D eigenvalue weighted by Gasteiger charge is 2.52. The number of thioether (sulfide) groups is 1. The van der Waals surface area contributed by atoms with Crippen molar-refractivity contribution in [2.75, 3.05) is 5.75 Å². The lowest BCUT2D eigenvalue weighted by Gasteiger charge is -2.30. The zero-order chi connectivity index (χ0) is 22.3. The van der Waals surface area contributed by atoms with Gasteiger partial charge in [0.15, 0.2) is 0 Å². The van der Waals surface area contributed by atoms with E-state index in [0.29, 0.717) is 24.7 Å². The van der Waals surface area contributed by atoms with Crippen LogP contribution in [0.3, 0.4) is 0 Å². The summed E-state index contributed by atoms with van der Waals surface area (Å²) in [6, 6.07) is 1.55. The molecule has 1 aliphatic heterocycles. The Morgan fingerprint density at radius 2 is 2.16 bits per heavy atom. The standard InChI is InChI=1S/C21H25N5O4S2/c1-12-5-6-14-13(9-12)10-15(32-14)17-23-24-20(30-17)31-11-16(27)25-26-18(28)21(22-19(26)29)7-3-2-4-8-21/h10,12H,2-9,11H2,1H3,(H,22,29)(H,25,27). The van der Waals surface area contributed by atoms with Gasteiger partial charge >= 0.3 is 6.03 Å². The molecule has 3 heterocycles. The van der Waals surface area contributed by atoms with Crippen LogP contribution in [0.15, 0.2) is 15.7 Å². The van der Waals surface area contributed by atoms with Crippen LogP contribution in [-0.2, 0) is 22.4 Å². The number of hydrogen-bond donors (Lipinski definition) is 2. The molecule has 2 aromatic heterocycles. The second-order valence-electron chi connectivity index (χ2n) is 8.82. The van der Waals surface area contributed by atoms with Crippen LogP contribution < -0.4 is 10.7 Å². The van der Waals surface area contributed by atoms with Gasteiger partial charge in [0.2, 0.25) is 5.91 Å². The van der Waals surface area contributed by atoms with Gasteiger partial charge in [-0.1, -0.05) is 37.9 Å². The molecule has 5 rings (SSSR count). The number of rotatable bonds is 5. The SMILES string of the molecule is CC1CCc2sc(-c3nnc(SCC(=O)NN4C(=O)NC5(CCCCC5)C4=O)o3)cc2C1. The van der Waals surface area contributed by atoms with Crippen LogP contribution in [0.4, 0.5) is 4.79 Å². The Hall–Kier alpha value is -2.40. The number of hydrazine groups is 1. The summed E-state index contributed by atoms with van der Waals surface area (Å²) in [7, 11) is 0. The van der Waals surface area contributed by atoms with Crippen LogP contribution in [0.1, 0.15) is 55.9 Å². The predicted molar refractivity (Wildman–Crippen MR) is 119 cm³/mol. The summed E-state index contributed by atoms with van der Waals surface area (Å²) < 4.78 is 5.74. The predicted octanol–water partition coefficient (Wildman–Crippen LogP) is 3.30. The van der Waals surface area contributed by atoms with E-state index in [1.807, 2.05) is 0 Å². The number of thiophene rings is 1. The number of carbonyl (C=O) groups excluding carboxylic acids is 3. The van der Waals surface area contributed by atoms with E-state index >= 15 is 0 Å². The van der Waals surface area contributed by atoms with Crippen LogP contribution in [-0.4, -0.2) is 44.3 Å². The number of urea groups is 1. The van der Waals surface area contributed by atoms with Gasteiger partial charge in [0.25, 0.3) is 17.0 Å². The Morgan fingerprint density at radius 1 is 1.34 bits per heavy atom. The molecule has 170 valence electrons. The average molecular weight is 476 g/mol. The van der Waals surface area contributed by atoms with Crippen molar-refractivity contribution in [3.8, 4) is 10.8 Å². The number of fused-ring (bicyclic) bond motifs is 1. The highest BCUT2D eigenvalue weighted by molar-refractivity contribution is 7.99. The van der Waals surface area contributed by atoms with E-state index in [4.69, 9.17) is 4.42 Å². The quantitative estimate of drug-likeness (QED) is 0.503. The summed E-state index contributed by atoms with van der Waals surface area (Å²) in [5.41, 5.74) is 2.91. The molecule has 11 heteroatoms. The number of amides is 4. The first-order valence-corrected chi connectivity index (χ1v) is 12.8. The van der Waals surface area contributed by atoms with Crippen molar-refractivity contribution in [2.45, 2.75) is 69.1 Å². The van der Waals surface area contributed by atoms with Crippen LogP contribution in [0, 0.1) is 5.92 Å². The molecule has 2 fully saturated rings. The summed E-state index contributed by atoms with van der Waals surface area (Å²) >= 11 is 2.76. The van der Waals surface area contributed by atoms with Crippen molar-refractivity contribution in [2.24, 2.45) is 5.92 Å². The molecule has 32 heavy (non-hydrogen) atoms. The molecule has 2 aromatic rings. The molecule has 3 aliphatic rings. The molecular weight excluding hydrogens is 450 g/mol. The van der Waals surface area contributed by atoms with Crippen molar-refractivity contribution in [3.05, 3.63) is 16.5 Å². The first-order valence-electron chi connectivity index (χ1n) is 11.0. The maximum atomic E-state index is 12.7. The maximum Gasteiger partial charge on any atom is 0.344 e. The molecule has 1 unspecified atom stereocenters. The summed E-state index contributed by atoms with van der Waals surface area (Å²) in [6.45, 7) is 2.26. The molecule has 2 aliphatic carbocycles. The number of nitrogens with zero attached hydrogens (tertiary/aromatic N) is 3. The van der Waals surface area contributed by atoms with Gasteiger partial charge in [0.05, 0.1) is 10.6 Å². The molecule has 1 atom stereocenters. The molecule has 0 aromatic carbocycles. The Labute approximate surface area is 193 Å². The second kappa shape index (κ2) is 8.51. The normalized spacial score (nSPS) is 22.2. The van der Waals surface area contributed by atoms with Gasteiger partial charge in [0.1, 0.15) is 5.54 Å². The second-order valence-corrected chi connectivity index (χ2v) is 10.9. The summed E-state index contributed by atoms with van der Waals surface area (Å²) in [4.78, 5) is 39.7. The zero-order valence-electron chi connectivity index (χ0n) is 17.8. The third-order valence-electron chi connectivity index (χ3n) is 6.38. The molecular formula is C21H25N5O4S2. The Balaban J connectivity index is 1.17. The third kappa shape index (κ3) is 4.03. The Kier molecular flexibility index (Phi) is 5.70. The fourth-order valence-corrected chi connectivity index (χ4v) is 6.36. The number of carbonyl (C=O) groups is 3. The van der Waals surface area contributed by atoms with Crippen molar-refractivity contribution in [1.29, 1.82) is 0 Å². The van der Waals surface area contributed by atoms with Gasteiger partial charge in [-0.2, -0.15) is 5.01 Å². The topological polar surface area (TPSA) is 117 Å².